The van der Waals surface area contributed by atoms with E-state index in [1.54, 1.807) is 0 Å². The molecule has 0 bridgehead atoms. The Morgan fingerprint density at radius 1 is 1.44 bits per heavy atom. The van der Waals surface area contributed by atoms with E-state index in [1.807, 2.05) is 18.8 Å². The number of hydrogen-bond acceptors (Lipinski definition) is 3. The number of nitrogens with one attached hydrogen (secondary N) is 1. The van der Waals surface area contributed by atoms with Gasteiger partial charge in [0, 0.05) is 18.0 Å². The van der Waals surface area contributed by atoms with E-state index >= 15 is 0 Å². The van der Waals surface area contributed by atoms with Crippen molar-refractivity contribution < 1.29 is 4.74 Å². The molecule has 1 N–H and O–H groups in total. The van der Waals surface area contributed by atoms with Gasteiger partial charge in [0.05, 0.1) is 6.10 Å². The predicted octanol–water partition coefficient (Wildman–Crippen LogP) is 3.46. The first kappa shape index (κ1) is 13.9. The second-order valence-corrected chi connectivity index (χ2v) is 5.97. The zero-order valence-corrected chi connectivity index (χ0v) is 12.0. The van der Waals surface area contributed by atoms with Gasteiger partial charge in [-0.2, -0.15) is 0 Å². The lowest BCUT2D eigenvalue weighted by atomic mass is 10.1. The third-order valence-electron chi connectivity index (χ3n) is 3.24. The maximum absolute atomic E-state index is 5.64. The number of ether oxygens (including phenoxy) is 1. The Bertz CT molecular complexity index is 350. The highest BCUT2D eigenvalue weighted by atomic mass is 32.2. The molecule has 18 heavy (non-hydrogen) atoms. The Labute approximate surface area is 114 Å². The van der Waals surface area contributed by atoms with Crippen LogP contribution in [0.1, 0.15) is 31.2 Å². The van der Waals surface area contributed by atoms with E-state index in [9.17, 15) is 0 Å². The van der Waals surface area contributed by atoms with Crippen molar-refractivity contribution in [3.63, 3.8) is 0 Å². The fourth-order valence-corrected chi connectivity index (χ4v) is 3.28. The summed E-state index contributed by atoms with van der Waals surface area (Å²) in [6.07, 6.45) is 5.54. The Morgan fingerprint density at radius 3 is 3.17 bits per heavy atom. The van der Waals surface area contributed by atoms with E-state index in [0.29, 0.717) is 6.10 Å². The van der Waals surface area contributed by atoms with Crippen molar-refractivity contribution in [3.05, 3.63) is 29.8 Å². The molecule has 0 radical (unpaired) electrons. The summed E-state index contributed by atoms with van der Waals surface area (Å²) in [6, 6.07) is 8.81. The van der Waals surface area contributed by atoms with Gasteiger partial charge in [0.25, 0.3) is 0 Å². The fourth-order valence-electron chi connectivity index (χ4n) is 2.32. The van der Waals surface area contributed by atoms with Gasteiger partial charge >= 0.3 is 0 Å². The molecule has 3 heteroatoms. The smallest absolute Gasteiger partial charge is 0.0576 e. The number of hydrogen-bond donors (Lipinski definition) is 1. The third-order valence-corrected chi connectivity index (χ3v) is 4.32. The average Bonchev–Trinajstić information content (AvgIpc) is 2.89. The molecule has 1 aliphatic heterocycles. The Hall–Kier alpha value is -0.510. The van der Waals surface area contributed by atoms with E-state index in [0.717, 1.165) is 13.2 Å². The van der Waals surface area contributed by atoms with E-state index in [4.69, 9.17) is 4.74 Å². The molecular weight excluding hydrogens is 242 g/mol. The van der Waals surface area contributed by atoms with Crippen LogP contribution in [0.15, 0.2) is 29.2 Å². The maximum Gasteiger partial charge on any atom is 0.0576 e. The monoisotopic (exact) mass is 265 g/mol. The molecule has 1 saturated heterocycles. The van der Waals surface area contributed by atoms with Crippen LogP contribution in [0, 0.1) is 0 Å². The van der Waals surface area contributed by atoms with Gasteiger partial charge in [-0.3, -0.25) is 0 Å². The highest BCUT2D eigenvalue weighted by Gasteiger charge is 2.14. The normalized spacial score (nSPS) is 19.3. The van der Waals surface area contributed by atoms with Crippen LogP contribution < -0.4 is 5.32 Å². The van der Waals surface area contributed by atoms with Crippen molar-refractivity contribution >= 4 is 11.8 Å². The van der Waals surface area contributed by atoms with Gasteiger partial charge in [-0.25, -0.2) is 0 Å². The summed E-state index contributed by atoms with van der Waals surface area (Å²) in [4.78, 5) is 1.38. The lowest BCUT2D eigenvalue weighted by molar-refractivity contribution is 0.104. The molecule has 1 unspecified atom stereocenters. The summed E-state index contributed by atoms with van der Waals surface area (Å²) in [7, 11) is 1.99. The fraction of sp³-hybridized carbons (Fsp3) is 0.600. The van der Waals surface area contributed by atoms with E-state index in [-0.39, 0.29) is 0 Å². The van der Waals surface area contributed by atoms with Crippen molar-refractivity contribution in [1.29, 1.82) is 0 Å². The summed E-state index contributed by atoms with van der Waals surface area (Å²) < 4.78 is 5.64. The van der Waals surface area contributed by atoms with E-state index < -0.39 is 0 Å². The van der Waals surface area contributed by atoms with Crippen LogP contribution in [0.4, 0.5) is 0 Å². The first-order chi connectivity index (χ1) is 8.88. The molecule has 0 aliphatic carbocycles. The first-order valence-corrected chi connectivity index (χ1v) is 7.85. The molecule has 100 valence electrons. The molecule has 1 aromatic rings. The van der Waals surface area contributed by atoms with Crippen LogP contribution in [-0.4, -0.2) is 25.5 Å². The maximum atomic E-state index is 5.64. The molecule has 1 atom stereocenters. The topological polar surface area (TPSA) is 21.3 Å². The van der Waals surface area contributed by atoms with Gasteiger partial charge in [-0.05, 0) is 56.2 Å². The molecule has 1 aromatic carbocycles. The molecule has 1 fully saturated rings. The average molecular weight is 265 g/mol. The van der Waals surface area contributed by atoms with Crippen molar-refractivity contribution in [1.82, 2.24) is 5.32 Å². The van der Waals surface area contributed by atoms with Crippen molar-refractivity contribution in [3.8, 4) is 0 Å². The standard InChI is InChI=1S/C15H23NOS/c1-16-12-13-5-2-8-15(11-13)18-10-4-7-14-6-3-9-17-14/h2,5,8,11,14,16H,3-4,6-7,9-10,12H2,1H3. The zero-order chi connectivity index (χ0) is 12.6. The largest absolute Gasteiger partial charge is 0.378 e. The van der Waals surface area contributed by atoms with Crippen LogP contribution in [0.2, 0.25) is 0 Å². The molecule has 0 aromatic heterocycles. The lowest BCUT2D eigenvalue weighted by Crippen LogP contribution is -2.05. The third kappa shape index (κ3) is 4.63. The Morgan fingerprint density at radius 2 is 2.39 bits per heavy atom. The number of thioether (sulfide) groups is 1. The van der Waals surface area contributed by atoms with Crippen molar-refractivity contribution in [2.45, 2.75) is 43.2 Å². The molecule has 0 amide bonds. The summed E-state index contributed by atoms with van der Waals surface area (Å²) in [5, 5.41) is 3.19. The van der Waals surface area contributed by atoms with Gasteiger partial charge in [0.2, 0.25) is 0 Å². The van der Waals surface area contributed by atoms with E-state index in [1.165, 1.54) is 41.9 Å². The van der Waals surface area contributed by atoms with Gasteiger partial charge in [0.1, 0.15) is 0 Å². The highest BCUT2D eigenvalue weighted by molar-refractivity contribution is 7.99. The van der Waals surface area contributed by atoms with Gasteiger partial charge in [-0.15, -0.1) is 11.8 Å². The molecular formula is C15H23NOS. The lowest BCUT2D eigenvalue weighted by Gasteiger charge is -2.09. The summed E-state index contributed by atoms with van der Waals surface area (Å²) >= 11 is 1.96. The van der Waals surface area contributed by atoms with Gasteiger partial charge in [0.15, 0.2) is 0 Å². The van der Waals surface area contributed by atoms with Crippen LogP contribution in [-0.2, 0) is 11.3 Å². The summed E-state index contributed by atoms with van der Waals surface area (Å²) in [5.74, 6) is 1.20. The SMILES string of the molecule is CNCc1cccc(SCCCC2CCCO2)c1. The molecule has 2 rings (SSSR count). The van der Waals surface area contributed by atoms with Gasteiger partial charge in [-0.1, -0.05) is 12.1 Å². The minimum Gasteiger partial charge on any atom is -0.378 e. The second kappa shape index (κ2) is 7.82. The van der Waals surface area contributed by atoms with Crippen LogP contribution >= 0.6 is 11.8 Å². The van der Waals surface area contributed by atoms with Gasteiger partial charge < -0.3 is 10.1 Å². The molecule has 0 spiro atoms. The molecule has 1 heterocycles. The van der Waals surface area contributed by atoms with Crippen LogP contribution in [0.5, 0.6) is 0 Å². The summed E-state index contributed by atoms with van der Waals surface area (Å²) in [6.45, 7) is 1.92. The Balaban J connectivity index is 1.67. The minimum atomic E-state index is 0.543. The molecule has 1 aliphatic rings. The van der Waals surface area contributed by atoms with Crippen LogP contribution in [0.25, 0.3) is 0 Å². The molecule has 0 saturated carbocycles. The highest BCUT2D eigenvalue weighted by Crippen LogP contribution is 2.23. The number of rotatable bonds is 7. The second-order valence-electron chi connectivity index (χ2n) is 4.80. The summed E-state index contributed by atoms with van der Waals surface area (Å²) in [5.41, 5.74) is 1.36. The predicted molar refractivity (Wildman–Crippen MR) is 78.1 cm³/mol. The van der Waals surface area contributed by atoms with E-state index in [2.05, 4.69) is 29.6 Å². The first-order valence-electron chi connectivity index (χ1n) is 6.86. The van der Waals surface area contributed by atoms with Crippen molar-refractivity contribution in [2.75, 3.05) is 19.4 Å². The van der Waals surface area contributed by atoms with Crippen LogP contribution in [0.3, 0.4) is 0 Å². The Kier molecular flexibility index (Phi) is 6.05. The molecule has 2 nitrogen and oxygen atoms in total. The zero-order valence-electron chi connectivity index (χ0n) is 11.2. The number of benzene rings is 1. The van der Waals surface area contributed by atoms with Crippen molar-refractivity contribution in [2.24, 2.45) is 0 Å². The minimum absolute atomic E-state index is 0.543. The quantitative estimate of drug-likeness (QED) is 0.602.